The number of nitrogens with zero attached hydrogens (tertiary/aromatic N) is 1. The van der Waals surface area contributed by atoms with Gasteiger partial charge in [0.15, 0.2) is 0 Å². The quantitative estimate of drug-likeness (QED) is 0.154. The average Bonchev–Trinajstić information content (AvgIpc) is 3.84. The summed E-state index contributed by atoms with van der Waals surface area (Å²) in [7, 11) is 0.721. The van der Waals surface area contributed by atoms with E-state index in [1.807, 2.05) is 0 Å². The molecule has 0 saturated carbocycles. The van der Waals surface area contributed by atoms with Crippen molar-refractivity contribution in [3.63, 3.8) is 0 Å². The predicted molar refractivity (Wildman–Crippen MR) is 292 cm³/mol. The van der Waals surface area contributed by atoms with Gasteiger partial charge >= 0.3 is 0 Å². The number of benzene rings is 8. The third-order valence-electron chi connectivity index (χ3n) is 16.2. The summed E-state index contributed by atoms with van der Waals surface area (Å²) in [5.74, 6) is 0. The Morgan fingerprint density at radius 2 is 1.29 bits per heavy atom. The number of hydrogen-bond donors (Lipinski definition) is 1. The lowest BCUT2D eigenvalue weighted by atomic mass is 9.56. The first-order valence-electron chi connectivity index (χ1n) is 25.1. The summed E-state index contributed by atoms with van der Waals surface area (Å²) in [5.41, 5.74) is 26.0. The van der Waals surface area contributed by atoms with Gasteiger partial charge in [-0.3, -0.25) is 0 Å². The van der Waals surface area contributed by atoms with Gasteiger partial charge in [0, 0.05) is 50.1 Å². The van der Waals surface area contributed by atoms with Gasteiger partial charge in [0.1, 0.15) is 11.2 Å². The van der Waals surface area contributed by atoms with E-state index >= 15 is 0 Å². The van der Waals surface area contributed by atoms with Crippen LogP contribution in [-0.4, -0.2) is 7.28 Å². The maximum atomic E-state index is 7.06. The Labute approximate surface area is 403 Å². The van der Waals surface area contributed by atoms with Gasteiger partial charge in [-0.15, -0.1) is 0 Å². The van der Waals surface area contributed by atoms with Crippen LogP contribution in [0.4, 0.5) is 28.4 Å². The van der Waals surface area contributed by atoms with Gasteiger partial charge in [0.25, 0.3) is 0 Å². The number of fused-ring (bicyclic) bond motifs is 11. The van der Waals surface area contributed by atoms with Crippen molar-refractivity contribution in [3.8, 4) is 33.4 Å². The van der Waals surface area contributed by atoms with E-state index in [0.29, 0.717) is 0 Å². The van der Waals surface area contributed by atoms with Crippen LogP contribution in [0, 0.1) is 6.92 Å². The van der Waals surface area contributed by atoms with E-state index in [1.165, 1.54) is 94.7 Å². The average molecular weight is 885 g/mol. The minimum absolute atomic E-state index is 0.0105. The van der Waals surface area contributed by atoms with Gasteiger partial charge in [-0.25, -0.2) is 0 Å². The molecule has 1 N–H and O–H groups in total. The van der Waals surface area contributed by atoms with Crippen LogP contribution in [0.1, 0.15) is 108 Å². The molecule has 0 fully saturated rings. The van der Waals surface area contributed by atoms with E-state index in [-0.39, 0.29) is 16.2 Å². The first kappa shape index (κ1) is 42.6. The fourth-order valence-electron chi connectivity index (χ4n) is 12.3. The molecule has 0 bridgehead atoms. The summed E-state index contributed by atoms with van der Waals surface area (Å²) >= 11 is 0. The SMILES string of the molecule is CCCCc1ccc(N2c3ccc4c(oc5ccccc54)c3Bc3c(-c4cc5c(cc4Nc4ccc(C)cc4)C(C)(C)CCC5(C)C)cc4c(c32)C(C)(C)c2ccccc2-4)c(-c2ccccc2)c1. The monoisotopic (exact) mass is 884 g/mol. The largest absolute Gasteiger partial charge is 0.457 e. The van der Waals surface area contributed by atoms with Gasteiger partial charge < -0.3 is 14.6 Å². The van der Waals surface area contributed by atoms with Crippen molar-refractivity contribution in [2.24, 2.45) is 0 Å². The molecule has 2 aliphatic carbocycles. The highest BCUT2D eigenvalue weighted by molar-refractivity contribution is 6.75. The Morgan fingerprint density at radius 3 is 2.07 bits per heavy atom. The molecule has 0 amide bonds. The normalized spacial score (nSPS) is 15.9. The molecular weight excluding hydrogens is 824 g/mol. The highest BCUT2D eigenvalue weighted by atomic mass is 16.3. The molecule has 68 heavy (non-hydrogen) atoms. The molecule has 0 saturated heterocycles. The van der Waals surface area contributed by atoms with Crippen LogP contribution < -0.4 is 21.1 Å². The van der Waals surface area contributed by atoms with Crippen LogP contribution >= 0.6 is 0 Å². The molecule has 2 heterocycles. The van der Waals surface area contributed by atoms with Crippen molar-refractivity contribution in [3.05, 3.63) is 185 Å². The first-order chi connectivity index (χ1) is 32.8. The summed E-state index contributed by atoms with van der Waals surface area (Å²) in [4.78, 5) is 2.67. The summed E-state index contributed by atoms with van der Waals surface area (Å²) in [5, 5.41) is 6.37. The molecule has 336 valence electrons. The maximum Gasteiger partial charge on any atom is 0.203 e. The zero-order valence-corrected chi connectivity index (χ0v) is 41.0. The van der Waals surface area contributed by atoms with Gasteiger partial charge in [-0.1, -0.05) is 151 Å². The lowest BCUT2D eigenvalue weighted by Crippen LogP contribution is -2.43. The van der Waals surface area contributed by atoms with E-state index < -0.39 is 0 Å². The van der Waals surface area contributed by atoms with Crippen molar-refractivity contribution in [2.75, 3.05) is 10.2 Å². The summed E-state index contributed by atoms with van der Waals surface area (Å²) in [6, 6.07) is 57.4. The van der Waals surface area contributed by atoms with Crippen molar-refractivity contribution in [2.45, 2.75) is 104 Å². The van der Waals surface area contributed by atoms with Crippen LogP contribution in [0.2, 0.25) is 0 Å². The topological polar surface area (TPSA) is 28.4 Å². The summed E-state index contributed by atoms with van der Waals surface area (Å²) < 4.78 is 7.06. The van der Waals surface area contributed by atoms with Crippen LogP contribution in [-0.2, 0) is 22.7 Å². The highest BCUT2D eigenvalue weighted by Gasteiger charge is 2.45. The van der Waals surface area contributed by atoms with Crippen molar-refractivity contribution in [1.82, 2.24) is 0 Å². The predicted octanol–water partition coefficient (Wildman–Crippen LogP) is 16.1. The standard InChI is InChI=1S/C64H61BN2O/c1-9-10-18-40-27-31-54(46(35-40)41-19-12-11-13-20-41)67-55-32-30-45-44-22-15-17-24-56(44)68-61(45)59(55)65-58-49(36-48-43-21-14-16-23-50(43)64(7,8)57(48)60(58)67)47-37-51-52(63(5,6)34-33-62(51,3)4)38-53(47)66-42-28-25-39(2)26-29-42/h11-17,19-32,35-38,65-66H,9-10,18,33-34H2,1-8H3. The van der Waals surface area contributed by atoms with Gasteiger partial charge in [0.05, 0.1) is 5.69 Å². The molecule has 3 aliphatic rings. The Morgan fingerprint density at radius 1 is 0.588 bits per heavy atom. The Balaban J connectivity index is 1.24. The molecule has 1 aromatic heterocycles. The fourth-order valence-corrected chi connectivity index (χ4v) is 12.3. The Hall–Kier alpha value is -6.78. The molecule has 0 radical (unpaired) electrons. The third kappa shape index (κ3) is 6.61. The molecule has 1 aliphatic heterocycles. The molecule has 12 rings (SSSR count). The van der Waals surface area contributed by atoms with E-state index in [2.05, 4.69) is 217 Å². The van der Waals surface area contributed by atoms with Gasteiger partial charge in [-0.2, -0.15) is 0 Å². The maximum absolute atomic E-state index is 7.06. The molecule has 4 heteroatoms. The molecule has 0 spiro atoms. The molecule has 8 aromatic carbocycles. The molecule has 9 aromatic rings. The van der Waals surface area contributed by atoms with Crippen molar-refractivity contribution in [1.29, 1.82) is 0 Å². The molecule has 0 unspecified atom stereocenters. The molecule has 0 atom stereocenters. The van der Waals surface area contributed by atoms with Crippen LogP contribution in [0.15, 0.2) is 156 Å². The zero-order valence-electron chi connectivity index (χ0n) is 41.0. The zero-order chi connectivity index (χ0) is 46.7. The lowest BCUT2D eigenvalue weighted by molar-refractivity contribution is 0.332. The number of aryl methyl sites for hydroxylation is 2. The lowest BCUT2D eigenvalue weighted by Gasteiger charge is -2.43. The minimum Gasteiger partial charge on any atom is -0.457 e. The number of anilines is 5. The van der Waals surface area contributed by atoms with Crippen LogP contribution in [0.3, 0.4) is 0 Å². The Bertz CT molecular complexity index is 3480. The highest BCUT2D eigenvalue weighted by Crippen LogP contribution is 2.58. The number of unbranched alkanes of at least 4 members (excludes halogenated alkanes) is 1. The summed E-state index contributed by atoms with van der Waals surface area (Å²) in [6.45, 7) is 19.2. The van der Waals surface area contributed by atoms with E-state index in [1.54, 1.807) is 0 Å². The smallest absolute Gasteiger partial charge is 0.203 e. The molecule has 3 nitrogen and oxygen atoms in total. The van der Waals surface area contributed by atoms with Gasteiger partial charge in [0.2, 0.25) is 7.28 Å². The number of furan rings is 1. The third-order valence-corrected chi connectivity index (χ3v) is 16.2. The van der Waals surface area contributed by atoms with Crippen molar-refractivity contribution >= 4 is 68.6 Å². The van der Waals surface area contributed by atoms with E-state index in [0.717, 1.165) is 72.7 Å². The summed E-state index contributed by atoms with van der Waals surface area (Å²) in [6.07, 6.45) is 5.66. The number of hydrogen-bond acceptors (Lipinski definition) is 3. The second-order valence-corrected chi connectivity index (χ2v) is 21.9. The number of rotatable bonds is 8. The van der Waals surface area contributed by atoms with E-state index in [9.17, 15) is 0 Å². The number of nitrogens with one attached hydrogen (secondary N) is 1. The number of para-hydroxylation sites is 1. The van der Waals surface area contributed by atoms with Crippen molar-refractivity contribution < 1.29 is 4.42 Å². The Kier molecular flexibility index (Phi) is 9.79. The van der Waals surface area contributed by atoms with E-state index in [4.69, 9.17) is 4.42 Å². The fraction of sp³-hybridized carbons (Fsp3) is 0.250. The second-order valence-electron chi connectivity index (χ2n) is 21.9. The molecular formula is C64H61BN2O. The van der Waals surface area contributed by atoms with Crippen LogP contribution in [0.25, 0.3) is 55.3 Å². The van der Waals surface area contributed by atoms with Gasteiger partial charge in [-0.05, 0) is 165 Å². The minimum atomic E-state index is -0.285. The van der Waals surface area contributed by atoms with Crippen LogP contribution in [0.5, 0.6) is 0 Å². The first-order valence-corrected chi connectivity index (χ1v) is 25.1. The second kappa shape index (κ2) is 15.6.